The van der Waals surface area contributed by atoms with Crippen molar-refractivity contribution in [3.8, 4) is 0 Å². The number of hydrogen-bond donors (Lipinski definition) is 2. The average Bonchev–Trinajstić information content (AvgIpc) is 2.91. The minimum absolute atomic E-state index is 0.0652. The molecule has 4 fully saturated rings. The largest absolute Gasteiger partial charge is 0.295 e. The quantitative estimate of drug-likeness (QED) is 0.436. The fourth-order valence-corrected chi connectivity index (χ4v) is 8.27. The van der Waals surface area contributed by atoms with Gasteiger partial charge in [0.25, 0.3) is 0 Å². The normalized spacial score (nSPS) is 39.4. The maximum atomic E-state index is 13.0. The predicted octanol–water partition coefficient (Wildman–Crippen LogP) is 0.632. The van der Waals surface area contributed by atoms with Crippen LogP contribution in [0.15, 0.2) is 0 Å². The van der Waals surface area contributed by atoms with Crippen LogP contribution in [0.5, 0.6) is 0 Å². The summed E-state index contributed by atoms with van der Waals surface area (Å²) in [6.45, 7) is 0. The summed E-state index contributed by atoms with van der Waals surface area (Å²) in [4.78, 5) is 50.4. The Kier molecular flexibility index (Phi) is 6.37. The third-order valence-corrected chi connectivity index (χ3v) is 9.44. The summed E-state index contributed by atoms with van der Waals surface area (Å²) in [6, 6.07) is -1.46. The lowest BCUT2D eigenvalue weighted by Gasteiger charge is -2.33. The molecule has 31 heavy (non-hydrogen) atoms. The molecule has 0 spiro atoms. The number of likely N-dealkylation sites (tertiary alicyclic amines) is 1. The van der Waals surface area contributed by atoms with Crippen molar-refractivity contribution in [2.75, 3.05) is 0 Å². The summed E-state index contributed by atoms with van der Waals surface area (Å²) in [5.41, 5.74) is 0. The van der Waals surface area contributed by atoms with Gasteiger partial charge in [-0.25, -0.2) is 13.1 Å². The van der Waals surface area contributed by atoms with E-state index in [9.17, 15) is 27.6 Å². The molecular weight excluding hydrogens is 469 g/mol. The summed E-state index contributed by atoms with van der Waals surface area (Å²) in [5.74, 6) is -3.17. The van der Waals surface area contributed by atoms with Crippen LogP contribution in [0.4, 0.5) is 0 Å². The fraction of sp³-hybridized carbons (Fsp3) is 0.789. The van der Waals surface area contributed by atoms with Crippen molar-refractivity contribution in [3.05, 3.63) is 0 Å². The highest BCUT2D eigenvalue weighted by Crippen LogP contribution is 2.40. The number of imide groups is 2. The number of nitrogens with one attached hydrogen (secondary N) is 2. The van der Waals surface area contributed by atoms with Gasteiger partial charge in [0, 0.05) is 23.2 Å². The van der Waals surface area contributed by atoms with E-state index in [1.807, 2.05) is 0 Å². The molecule has 12 heteroatoms. The number of alkyl halides is 2. The number of nitrogens with zero attached hydrogens (tertiary/aromatic N) is 1. The van der Waals surface area contributed by atoms with E-state index in [1.165, 1.54) is 0 Å². The van der Waals surface area contributed by atoms with E-state index in [0.717, 1.165) is 4.90 Å². The van der Waals surface area contributed by atoms with Crippen molar-refractivity contribution in [2.45, 2.75) is 79.5 Å². The van der Waals surface area contributed by atoms with Gasteiger partial charge in [-0.1, -0.05) is 0 Å². The lowest BCUT2D eigenvalue weighted by Crippen LogP contribution is -2.54. The fourth-order valence-electron chi connectivity index (χ4n) is 5.27. The molecule has 0 radical (unpaired) electrons. The van der Waals surface area contributed by atoms with Crippen LogP contribution in [0.3, 0.4) is 0 Å². The molecule has 2 aliphatic heterocycles. The summed E-state index contributed by atoms with van der Waals surface area (Å²) in [6.07, 6.45) is 2.35. The van der Waals surface area contributed by atoms with E-state index in [2.05, 4.69) is 10.0 Å². The molecule has 4 aliphatic rings. The van der Waals surface area contributed by atoms with Crippen molar-refractivity contribution in [1.29, 1.82) is 0 Å². The number of hydrogen-bond acceptors (Lipinski definition) is 6. The van der Waals surface area contributed by atoms with Crippen LogP contribution in [0, 0.1) is 11.8 Å². The third kappa shape index (κ3) is 4.49. The number of carbonyl (C=O) groups excluding carboxylic acids is 4. The van der Waals surface area contributed by atoms with Gasteiger partial charge in [0.05, 0.1) is 17.1 Å². The monoisotopic (exact) mass is 493 g/mol. The van der Waals surface area contributed by atoms with Crippen LogP contribution in [-0.4, -0.2) is 65.0 Å². The highest BCUT2D eigenvalue weighted by molar-refractivity contribution is 7.90. The molecule has 0 aromatic rings. The van der Waals surface area contributed by atoms with Gasteiger partial charge in [0.2, 0.25) is 33.7 Å². The van der Waals surface area contributed by atoms with E-state index in [4.69, 9.17) is 23.2 Å². The van der Waals surface area contributed by atoms with Crippen LogP contribution in [0.25, 0.3) is 0 Å². The number of halogens is 2. The number of sulfonamides is 1. The second-order valence-electron chi connectivity index (χ2n) is 8.92. The first-order chi connectivity index (χ1) is 14.6. The highest BCUT2D eigenvalue weighted by Gasteiger charge is 2.54. The zero-order chi connectivity index (χ0) is 22.5. The minimum atomic E-state index is -3.69. The first-order valence-electron chi connectivity index (χ1n) is 10.6. The van der Waals surface area contributed by atoms with Crippen molar-refractivity contribution in [3.63, 3.8) is 0 Å². The lowest BCUT2D eigenvalue weighted by atomic mass is 9.79. The Balaban J connectivity index is 1.44. The molecule has 2 heterocycles. The molecule has 2 saturated heterocycles. The van der Waals surface area contributed by atoms with Gasteiger partial charge in [0.1, 0.15) is 6.04 Å². The molecule has 0 aromatic heterocycles. The summed E-state index contributed by atoms with van der Waals surface area (Å²) >= 11 is 12.3. The lowest BCUT2D eigenvalue weighted by molar-refractivity contribution is -0.151. The zero-order valence-corrected chi connectivity index (χ0v) is 19.1. The van der Waals surface area contributed by atoms with Crippen LogP contribution in [0.2, 0.25) is 0 Å². The summed E-state index contributed by atoms with van der Waals surface area (Å²) in [7, 11) is -3.69. The Hall–Kier alpha value is -1.23. The van der Waals surface area contributed by atoms with Crippen LogP contribution in [-0.2, 0) is 29.2 Å². The standard InChI is InChI=1S/C19H25Cl2N3O6S/c20-9-5-10(21)7-12(6-9)31(29,30)23-11-1-2-13-14(8-11)19(28)24(18(13)27)15-3-4-16(25)22-17(15)26/h9-15,23H,1-8H2,(H,22,25,26). The molecule has 2 saturated carbocycles. The molecule has 2 N–H and O–H groups in total. The third-order valence-electron chi connectivity index (χ3n) is 6.80. The van der Waals surface area contributed by atoms with Gasteiger partial charge in [-0.2, -0.15) is 0 Å². The van der Waals surface area contributed by atoms with E-state index >= 15 is 0 Å². The van der Waals surface area contributed by atoms with Crippen LogP contribution >= 0.6 is 23.2 Å². The molecule has 4 amide bonds. The molecule has 6 atom stereocenters. The molecule has 0 aromatic carbocycles. The minimum Gasteiger partial charge on any atom is -0.295 e. The Morgan fingerprint density at radius 1 is 0.871 bits per heavy atom. The number of fused-ring (bicyclic) bond motifs is 1. The number of amides is 4. The molecule has 2 aliphatic carbocycles. The smallest absolute Gasteiger partial charge is 0.249 e. The Labute approximate surface area is 190 Å². The highest BCUT2D eigenvalue weighted by atomic mass is 35.5. The molecule has 9 nitrogen and oxygen atoms in total. The maximum Gasteiger partial charge on any atom is 0.249 e. The van der Waals surface area contributed by atoms with Gasteiger partial charge in [-0.15, -0.1) is 23.2 Å². The van der Waals surface area contributed by atoms with E-state index in [1.54, 1.807) is 0 Å². The first-order valence-corrected chi connectivity index (χ1v) is 13.0. The van der Waals surface area contributed by atoms with E-state index in [-0.39, 0.29) is 30.0 Å². The number of rotatable bonds is 4. The molecular formula is C19H25Cl2N3O6S. The zero-order valence-electron chi connectivity index (χ0n) is 16.8. The molecule has 172 valence electrons. The van der Waals surface area contributed by atoms with Crippen molar-refractivity contribution >= 4 is 56.9 Å². The topological polar surface area (TPSA) is 130 Å². The van der Waals surface area contributed by atoms with Crippen molar-refractivity contribution in [1.82, 2.24) is 14.9 Å². The SMILES string of the molecule is O=C1CCC(N2C(=O)C3CCC(NS(=O)(=O)C4CC(Cl)CC(Cl)C4)CC3C2=O)C(=O)N1. The first kappa shape index (κ1) is 22.9. The number of carbonyl (C=O) groups is 4. The summed E-state index contributed by atoms with van der Waals surface area (Å²) < 4.78 is 28.5. The second kappa shape index (κ2) is 8.61. The van der Waals surface area contributed by atoms with Gasteiger partial charge < -0.3 is 0 Å². The van der Waals surface area contributed by atoms with E-state index < -0.39 is 62.8 Å². The second-order valence-corrected chi connectivity index (χ2v) is 12.1. The Bertz CT molecular complexity index is 902. The van der Waals surface area contributed by atoms with Gasteiger partial charge >= 0.3 is 0 Å². The Morgan fingerprint density at radius 2 is 1.52 bits per heavy atom. The van der Waals surface area contributed by atoms with E-state index in [0.29, 0.717) is 32.1 Å². The van der Waals surface area contributed by atoms with Crippen molar-refractivity contribution < 1.29 is 27.6 Å². The predicted molar refractivity (Wildman–Crippen MR) is 112 cm³/mol. The maximum absolute atomic E-state index is 13.0. The molecule has 0 bridgehead atoms. The molecule has 4 rings (SSSR count). The Morgan fingerprint density at radius 3 is 2.16 bits per heavy atom. The van der Waals surface area contributed by atoms with Gasteiger partial charge in [0.15, 0.2) is 0 Å². The van der Waals surface area contributed by atoms with Gasteiger partial charge in [-0.3, -0.25) is 29.4 Å². The van der Waals surface area contributed by atoms with Crippen LogP contribution < -0.4 is 10.0 Å². The molecule has 6 unspecified atom stereocenters. The summed E-state index contributed by atoms with van der Waals surface area (Å²) in [5, 5.41) is 0.882. The number of piperidine rings is 1. The van der Waals surface area contributed by atoms with Crippen LogP contribution in [0.1, 0.15) is 51.4 Å². The average molecular weight is 494 g/mol. The van der Waals surface area contributed by atoms with Crippen molar-refractivity contribution in [2.24, 2.45) is 11.8 Å². The van der Waals surface area contributed by atoms with Gasteiger partial charge in [-0.05, 0) is 44.9 Å².